The molecule has 1 fully saturated rings. The Balaban J connectivity index is 1.52. The molecule has 0 spiro atoms. The van der Waals surface area contributed by atoms with Gasteiger partial charge in [0, 0.05) is 18.8 Å². The number of anilines is 2. The number of nitrogens with zero attached hydrogens (tertiary/aromatic N) is 2. The maximum atomic E-state index is 13.4. The molecule has 0 bridgehead atoms. The zero-order valence-corrected chi connectivity index (χ0v) is 21.6. The number of para-hydroxylation sites is 1. The first-order valence-corrected chi connectivity index (χ1v) is 14.6. The molecule has 10 heteroatoms. The van der Waals surface area contributed by atoms with Gasteiger partial charge in [-0.15, -0.1) is 0 Å². The molecule has 0 unspecified atom stereocenters. The van der Waals surface area contributed by atoms with Crippen LogP contribution >= 0.6 is 0 Å². The van der Waals surface area contributed by atoms with E-state index in [1.54, 1.807) is 42.5 Å². The lowest BCUT2D eigenvalue weighted by atomic mass is 10.2. The lowest BCUT2D eigenvalue weighted by molar-refractivity contribution is -0.114. The largest absolute Gasteiger partial charge is 0.325 e. The maximum absolute atomic E-state index is 13.4. The second-order valence-electron chi connectivity index (χ2n) is 8.70. The fourth-order valence-electron chi connectivity index (χ4n) is 4.04. The zero-order chi connectivity index (χ0) is 25.8. The predicted octanol–water partition coefficient (Wildman–Crippen LogP) is 4.00. The van der Waals surface area contributed by atoms with E-state index in [9.17, 15) is 21.6 Å². The molecule has 190 valence electrons. The third-order valence-corrected chi connectivity index (χ3v) is 9.73. The van der Waals surface area contributed by atoms with Crippen molar-refractivity contribution in [3.63, 3.8) is 0 Å². The van der Waals surface area contributed by atoms with Crippen molar-refractivity contribution in [3.05, 3.63) is 84.4 Å². The zero-order valence-electron chi connectivity index (χ0n) is 20.0. The fourth-order valence-corrected chi connectivity index (χ4v) is 6.98. The molecule has 0 saturated carbocycles. The summed E-state index contributed by atoms with van der Waals surface area (Å²) in [7, 11) is -7.59. The summed E-state index contributed by atoms with van der Waals surface area (Å²) in [6.07, 6.45) is 2.71. The van der Waals surface area contributed by atoms with E-state index in [4.69, 9.17) is 0 Å². The van der Waals surface area contributed by atoms with E-state index in [-0.39, 0.29) is 9.79 Å². The van der Waals surface area contributed by atoms with Crippen LogP contribution in [-0.4, -0.2) is 46.7 Å². The second-order valence-corrected chi connectivity index (χ2v) is 12.5. The fraction of sp³-hybridized carbons (Fsp3) is 0.269. The van der Waals surface area contributed by atoms with E-state index in [1.807, 2.05) is 6.92 Å². The standard InChI is InChI=1S/C26H29N3O5S2/c1-21-10-14-25(15-11-21)36(33,34)29(23-8-4-2-5-9-23)20-26(30)27-22-12-16-24(17-13-22)35(31,32)28-18-6-3-7-19-28/h2,4-5,8-17H,3,6-7,18-20H2,1H3,(H,27,30). The number of carbonyl (C=O) groups is 1. The number of sulfonamides is 2. The molecule has 3 aromatic rings. The maximum Gasteiger partial charge on any atom is 0.264 e. The van der Waals surface area contributed by atoms with Gasteiger partial charge >= 0.3 is 0 Å². The van der Waals surface area contributed by atoms with Gasteiger partial charge in [0.25, 0.3) is 10.0 Å². The van der Waals surface area contributed by atoms with Crippen LogP contribution in [0.15, 0.2) is 88.7 Å². The lowest BCUT2D eigenvalue weighted by Gasteiger charge is -2.26. The number of benzene rings is 3. The van der Waals surface area contributed by atoms with Gasteiger partial charge in [0.1, 0.15) is 6.54 Å². The minimum atomic E-state index is -4.01. The average Bonchev–Trinajstić information content (AvgIpc) is 2.89. The molecule has 0 aromatic heterocycles. The average molecular weight is 528 g/mol. The van der Waals surface area contributed by atoms with Crippen LogP contribution in [0.3, 0.4) is 0 Å². The SMILES string of the molecule is Cc1ccc(S(=O)(=O)N(CC(=O)Nc2ccc(S(=O)(=O)N3CCCCC3)cc2)c2ccccc2)cc1. The van der Waals surface area contributed by atoms with E-state index < -0.39 is 32.5 Å². The van der Waals surface area contributed by atoms with E-state index in [2.05, 4.69) is 5.32 Å². The quantitative estimate of drug-likeness (QED) is 0.477. The van der Waals surface area contributed by atoms with Gasteiger partial charge in [0.05, 0.1) is 15.5 Å². The summed E-state index contributed by atoms with van der Waals surface area (Å²) in [5, 5.41) is 2.68. The highest BCUT2D eigenvalue weighted by atomic mass is 32.2. The van der Waals surface area contributed by atoms with Crippen LogP contribution in [0.1, 0.15) is 24.8 Å². The molecule has 1 heterocycles. The van der Waals surface area contributed by atoms with Crippen molar-refractivity contribution in [2.24, 2.45) is 0 Å². The molecule has 1 N–H and O–H groups in total. The van der Waals surface area contributed by atoms with E-state index in [0.717, 1.165) is 29.1 Å². The van der Waals surface area contributed by atoms with Crippen molar-refractivity contribution < 1.29 is 21.6 Å². The Kier molecular flexibility index (Phi) is 7.77. The molecule has 3 aromatic carbocycles. The minimum absolute atomic E-state index is 0.0806. The first-order chi connectivity index (χ1) is 17.2. The van der Waals surface area contributed by atoms with Gasteiger partial charge in [0.2, 0.25) is 15.9 Å². The molecule has 0 aliphatic carbocycles. The summed E-state index contributed by atoms with van der Waals surface area (Å²) in [5.74, 6) is -0.554. The Morgan fingerprint density at radius 3 is 2.00 bits per heavy atom. The molecule has 1 saturated heterocycles. The van der Waals surface area contributed by atoms with Crippen LogP contribution in [0.4, 0.5) is 11.4 Å². The van der Waals surface area contributed by atoms with Gasteiger partial charge in [-0.05, 0) is 68.3 Å². The Hall–Kier alpha value is -3.21. The first-order valence-electron chi connectivity index (χ1n) is 11.7. The van der Waals surface area contributed by atoms with E-state index in [1.165, 1.54) is 40.7 Å². The molecule has 36 heavy (non-hydrogen) atoms. The summed E-state index contributed by atoms with van der Waals surface area (Å²) in [6, 6.07) is 20.8. The van der Waals surface area contributed by atoms with Gasteiger partial charge < -0.3 is 5.32 Å². The Morgan fingerprint density at radius 2 is 1.39 bits per heavy atom. The highest BCUT2D eigenvalue weighted by molar-refractivity contribution is 7.92. The summed E-state index contributed by atoms with van der Waals surface area (Å²) in [4.78, 5) is 13.2. The normalized spacial score (nSPS) is 14.8. The Bertz CT molecular complexity index is 1400. The predicted molar refractivity (Wildman–Crippen MR) is 140 cm³/mol. The van der Waals surface area contributed by atoms with E-state index in [0.29, 0.717) is 24.5 Å². The van der Waals surface area contributed by atoms with Gasteiger partial charge in [-0.25, -0.2) is 16.8 Å². The van der Waals surface area contributed by atoms with Gasteiger partial charge in [-0.1, -0.05) is 42.3 Å². The van der Waals surface area contributed by atoms with Crippen molar-refractivity contribution in [2.75, 3.05) is 29.3 Å². The summed E-state index contributed by atoms with van der Waals surface area (Å²) >= 11 is 0. The molecule has 0 radical (unpaired) electrons. The monoisotopic (exact) mass is 527 g/mol. The Labute approximate surface area is 212 Å². The summed E-state index contributed by atoms with van der Waals surface area (Å²) in [6.45, 7) is 2.42. The van der Waals surface area contributed by atoms with Crippen molar-refractivity contribution in [1.82, 2.24) is 4.31 Å². The minimum Gasteiger partial charge on any atom is -0.325 e. The van der Waals surface area contributed by atoms with Gasteiger partial charge in [-0.3, -0.25) is 9.10 Å². The smallest absolute Gasteiger partial charge is 0.264 e. The third kappa shape index (κ3) is 5.77. The highest BCUT2D eigenvalue weighted by Crippen LogP contribution is 2.25. The molecular formula is C26H29N3O5S2. The topological polar surface area (TPSA) is 104 Å². The van der Waals surface area contributed by atoms with Crippen molar-refractivity contribution in [1.29, 1.82) is 0 Å². The van der Waals surface area contributed by atoms with Crippen LogP contribution < -0.4 is 9.62 Å². The number of rotatable bonds is 8. The summed E-state index contributed by atoms with van der Waals surface area (Å²) in [5.41, 5.74) is 1.65. The van der Waals surface area contributed by atoms with E-state index >= 15 is 0 Å². The molecule has 4 rings (SSSR count). The van der Waals surface area contributed by atoms with Crippen LogP contribution in [0.2, 0.25) is 0 Å². The number of carbonyl (C=O) groups excluding carboxylic acids is 1. The van der Waals surface area contributed by atoms with Crippen LogP contribution in [0.5, 0.6) is 0 Å². The highest BCUT2D eigenvalue weighted by Gasteiger charge is 2.28. The van der Waals surface area contributed by atoms with Gasteiger partial charge in [0.15, 0.2) is 0 Å². The molecular weight excluding hydrogens is 498 g/mol. The number of nitrogens with one attached hydrogen (secondary N) is 1. The molecule has 1 aliphatic heterocycles. The van der Waals surface area contributed by atoms with Crippen LogP contribution in [0.25, 0.3) is 0 Å². The molecule has 1 amide bonds. The number of piperidine rings is 1. The Morgan fingerprint density at radius 1 is 0.806 bits per heavy atom. The molecule has 0 atom stereocenters. The second kappa shape index (κ2) is 10.8. The lowest BCUT2D eigenvalue weighted by Crippen LogP contribution is -2.38. The molecule has 1 aliphatic rings. The van der Waals surface area contributed by atoms with Crippen LogP contribution in [0, 0.1) is 6.92 Å². The van der Waals surface area contributed by atoms with Crippen molar-refractivity contribution >= 4 is 37.3 Å². The van der Waals surface area contributed by atoms with Gasteiger partial charge in [-0.2, -0.15) is 4.31 Å². The number of amides is 1. The third-order valence-electron chi connectivity index (χ3n) is 6.03. The number of aryl methyl sites for hydroxylation is 1. The number of hydrogen-bond donors (Lipinski definition) is 1. The van der Waals surface area contributed by atoms with Crippen molar-refractivity contribution in [3.8, 4) is 0 Å². The molecule has 8 nitrogen and oxygen atoms in total. The van der Waals surface area contributed by atoms with Crippen LogP contribution in [-0.2, 0) is 24.8 Å². The summed E-state index contributed by atoms with van der Waals surface area (Å²) < 4.78 is 55.1. The van der Waals surface area contributed by atoms with Crippen molar-refractivity contribution in [2.45, 2.75) is 36.0 Å². The number of hydrogen-bond acceptors (Lipinski definition) is 5. The first kappa shape index (κ1) is 25.9.